The molecule has 1 aliphatic carbocycles. The average Bonchev–Trinajstić information content (AvgIpc) is 2.52. The summed E-state index contributed by atoms with van der Waals surface area (Å²) in [6.07, 6.45) is 13.0. The molecule has 2 atom stereocenters. The fourth-order valence-electron chi connectivity index (χ4n) is 2.41. The second-order valence-corrected chi connectivity index (χ2v) is 5.98. The third-order valence-electron chi connectivity index (χ3n) is 3.58. The monoisotopic (exact) mass is 283 g/mol. The maximum atomic E-state index is 5.66. The molecule has 1 aromatic carbocycles. The van der Waals surface area contributed by atoms with E-state index in [0.29, 0.717) is 5.92 Å². The highest BCUT2D eigenvalue weighted by molar-refractivity contribution is 8.00. The molecule has 1 aromatic rings. The molecule has 2 rings (SSSR count). The lowest BCUT2D eigenvalue weighted by atomic mass is 9.84. The molecule has 1 nitrogen and oxygen atoms in total. The summed E-state index contributed by atoms with van der Waals surface area (Å²) >= 11 is 1.82. The highest BCUT2D eigenvalue weighted by Gasteiger charge is 2.33. The lowest BCUT2D eigenvalue weighted by molar-refractivity contribution is 0.533. The molecule has 104 valence electrons. The minimum atomic E-state index is -0.125. The van der Waals surface area contributed by atoms with Crippen molar-refractivity contribution in [1.82, 2.24) is 0 Å². The molecule has 0 aromatic heterocycles. The van der Waals surface area contributed by atoms with Crippen LogP contribution in [0, 0.1) is 17.8 Å². The van der Waals surface area contributed by atoms with Crippen molar-refractivity contribution in [3.63, 3.8) is 0 Å². The van der Waals surface area contributed by atoms with Crippen LogP contribution in [0.2, 0.25) is 0 Å². The third-order valence-corrected chi connectivity index (χ3v) is 4.80. The third kappa shape index (κ3) is 3.56. The fraction of sp³-hybridized carbons (Fsp3) is 0.333. The summed E-state index contributed by atoms with van der Waals surface area (Å²) in [4.78, 5) is 0. The van der Waals surface area contributed by atoms with Crippen LogP contribution >= 0.6 is 11.8 Å². The largest absolute Gasteiger partial charge is 0.330 e. The Balaban J connectivity index is 2.25. The van der Waals surface area contributed by atoms with Gasteiger partial charge in [-0.15, -0.1) is 11.8 Å². The predicted octanol–water partition coefficient (Wildman–Crippen LogP) is 3.62. The van der Waals surface area contributed by atoms with Gasteiger partial charge in [-0.1, -0.05) is 54.3 Å². The lowest BCUT2D eigenvalue weighted by Crippen LogP contribution is -2.31. The number of hydrogen-bond donors (Lipinski definition) is 1. The van der Waals surface area contributed by atoms with Crippen LogP contribution in [0.3, 0.4) is 0 Å². The van der Waals surface area contributed by atoms with Gasteiger partial charge in [0.15, 0.2) is 0 Å². The molecule has 1 aliphatic rings. The Bertz CT molecular complexity index is 536. The molecule has 0 fully saturated rings. The smallest absolute Gasteiger partial charge is 0.101 e. The Morgan fingerprint density at radius 3 is 2.75 bits per heavy atom. The van der Waals surface area contributed by atoms with Crippen LogP contribution in [-0.4, -0.2) is 17.5 Å². The van der Waals surface area contributed by atoms with Gasteiger partial charge in [0.1, 0.15) is 4.75 Å². The topological polar surface area (TPSA) is 26.0 Å². The van der Waals surface area contributed by atoms with E-state index in [9.17, 15) is 0 Å². The van der Waals surface area contributed by atoms with Gasteiger partial charge in [-0.25, -0.2) is 0 Å². The van der Waals surface area contributed by atoms with Gasteiger partial charge in [0.05, 0.1) is 0 Å². The second-order valence-electron chi connectivity index (χ2n) is 4.89. The molecule has 20 heavy (non-hydrogen) atoms. The van der Waals surface area contributed by atoms with Crippen molar-refractivity contribution in [2.24, 2.45) is 11.7 Å². The van der Waals surface area contributed by atoms with E-state index in [-0.39, 0.29) is 4.75 Å². The summed E-state index contributed by atoms with van der Waals surface area (Å²) in [7, 11) is 0. The van der Waals surface area contributed by atoms with Gasteiger partial charge in [-0.2, -0.15) is 0 Å². The van der Waals surface area contributed by atoms with E-state index in [1.165, 1.54) is 0 Å². The van der Waals surface area contributed by atoms with Crippen molar-refractivity contribution >= 4 is 11.8 Å². The van der Waals surface area contributed by atoms with Crippen molar-refractivity contribution in [2.75, 3.05) is 12.8 Å². The zero-order valence-electron chi connectivity index (χ0n) is 11.9. The molecular formula is C18H21NS. The molecular weight excluding hydrogens is 262 g/mol. The SMILES string of the molecule is CSC1(C#Cc2ccccc2)C=CC=CC1CCCN. The molecule has 0 spiro atoms. The predicted molar refractivity (Wildman–Crippen MR) is 89.6 cm³/mol. The Hall–Kier alpha value is -1.43. The number of benzene rings is 1. The van der Waals surface area contributed by atoms with E-state index in [1.807, 2.05) is 30.0 Å². The Kier molecular flexibility index (Phi) is 5.52. The number of hydrogen-bond acceptors (Lipinski definition) is 2. The van der Waals surface area contributed by atoms with Gasteiger partial charge in [-0.3, -0.25) is 0 Å². The number of allylic oxidation sites excluding steroid dienone is 3. The van der Waals surface area contributed by atoms with E-state index in [1.54, 1.807) is 0 Å². The van der Waals surface area contributed by atoms with Crippen LogP contribution in [0.4, 0.5) is 0 Å². The molecule has 2 heteroatoms. The molecule has 0 aliphatic heterocycles. The summed E-state index contributed by atoms with van der Waals surface area (Å²) in [5.41, 5.74) is 6.73. The van der Waals surface area contributed by atoms with Crippen molar-refractivity contribution in [2.45, 2.75) is 17.6 Å². The first kappa shape index (κ1) is 15.0. The van der Waals surface area contributed by atoms with Crippen molar-refractivity contribution < 1.29 is 0 Å². The minimum absolute atomic E-state index is 0.125. The van der Waals surface area contributed by atoms with Gasteiger partial charge in [0.2, 0.25) is 0 Å². The van der Waals surface area contributed by atoms with E-state index in [4.69, 9.17) is 5.73 Å². The van der Waals surface area contributed by atoms with Crippen molar-refractivity contribution in [3.8, 4) is 11.8 Å². The van der Waals surface area contributed by atoms with Crippen LogP contribution < -0.4 is 5.73 Å². The lowest BCUT2D eigenvalue weighted by Gasteiger charge is -2.32. The first-order chi connectivity index (χ1) is 9.80. The van der Waals surface area contributed by atoms with Crippen LogP contribution in [0.5, 0.6) is 0 Å². The van der Waals surface area contributed by atoms with E-state index in [0.717, 1.165) is 24.9 Å². The number of nitrogens with two attached hydrogens (primary N) is 1. The van der Waals surface area contributed by atoms with Gasteiger partial charge < -0.3 is 5.73 Å². The zero-order valence-corrected chi connectivity index (χ0v) is 12.7. The second kappa shape index (κ2) is 7.38. The quantitative estimate of drug-likeness (QED) is 0.854. The van der Waals surface area contributed by atoms with Crippen LogP contribution in [0.15, 0.2) is 54.6 Å². The first-order valence-corrected chi connectivity index (χ1v) is 8.22. The first-order valence-electron chi connectivity index (χ1n) is 7.00. The highest BCUT2D eigenvalue weighted by atomic mass is 32.2. The maximum Gasteiger partial charge on any atom is 0.101 e. The van der Waals surface area contributed by atoms with Crippen molar-refractivity contribution in [3.05, 3.63) is 60.2 Å². The van der Waals surface area contributed by atoms with Crippen LogP contribution in [0.25, 0.3) is 0 Å². The Morgan fingerprint density at radius 2 is 2.05 bits per heavy atom. The summed E-state index contributed by atoms with van der Waals surface area (Å²) in [5, 5.41) is 0. The minimum Gasteiger partial charge on any atom is -0.330 e. The van der Waals surface area contributed by atoms with Gasteiger partial charge >= 0.3 is 0 Å². The molecule has 2 N–H and O–H groups in total. The summed E-state index contributed by atoms with van der Waals surface area (Å²) in [6, 6.07) is 10.2. The molecule has 0 bridgehead atoms. The Morgan fingerprint density at radius 1 is 1.25 bits per heavy atom. The molecule has 0 saturated heterocycles. The summed E-state index contributed by atoms with van der Waals surface area (Å²) in [5.74, 6) is 7.25. The Labute approximate surface area is 126 Å². The van der Waals surface area contributed by atoms with Gasteiger partial charge in [0, 0.05) is 11.5 Å². The summed E-state index contributed by atoms with van der Waals surface area (Å²) in [6.45, 7) is 0.741. The highest BCUT2D eigenvalue weighted by Crippen LogP contribution is 2.38. The molecule has 0 heterocycles. The molecule has 0 amide bonds. The summed E-state index contributed by atoms with van der Waals surface area (Å²) < 4.78 is -0.125. The molecule has 0 radical (unpaired) electrons. The number of rotatable bonds is 4. The van der Waals surface area contributed by atoms with E-state index >= 15 is 0 Å². The van der Waals surface area contributed by atoms with Crippen molar-refractivity contribution in [1.29, 1.82) is 0 Å². The van der Waals surface area contributed by atoms with E-state index in [2.05, 4.69) is 54.5 Å². The zero-order chi connectivity index (χ0) is 14.3. The molecule has 0 saturated carbocycles. The van der Waals surface area contributed by atoms with Crippen LogP contribution in [-0.2, 0) is 0 Å². The average molecular weight is 283 g/mol. The fourth-order valence-corrected chi connectivity index (χ4v) is 3.27. The normalized spacial score (nSPS) is 24.2. The molecule has 2 unspecified atom stereocenters. The van der Waals surface area contributed by atoms with Gasteiger partial charge in [0.25, 0.3) is 0 Å². The van der Waals surface area contributed by atoms with Gasteiger partial charge in [-0.05, 0) is 37.8 Å². The standard InChI is InChI=1S/C18H21NS/c1-20-18(14-12-16-8-3-2-4-9-16)13-6-5-10-17(18)11-7-15-19/h2-6,8-10,13,17H,7,11,15,19H2,1H3. The van der Waals surface area contributed by atoms with E-state index < -0.39 is 0 Å². The maximum absolute atomic E-state index is 5.66. The van der Waals surface area contributed by atoms with Crippen LogP contribution in [0.1, 0.15) is 18.4 Å². The number of thioether (sulfide) groups is 1.